The Labute approximate surface area is 266 Å². The number of alkyl halides is 2. The maximum Gasteiger partial charge on any atom is 0.386 e. The van der Waals surface area contributed by atoms with Gasteiger partial charge in [-0.25, -0.2) is 37.5 Å². The number of ether oxygens (including phenoxy) is 2. The van der Waals surface area contributed by atoms with Crippen molar-refractivity contribution < 1.29 is 50.3 Å². The van der Waals surface area contributed by atoms with Crippen molar-refractivity contribution in [3.05, 3.63) is 36.4 Å². The van der Waals surface area contributed by atoms with Gasteiger partial charge in [-0.05, 0) is 12.1 Å². The molecule has 10 atom stereocenters. The smallest absolute Gasteiger partial charge is 0.382 e. The van der Waals surface area contributed by atoms with Gasteiger partial charge in [0.15, 0.2) is 36.3 Å². The van der Waals surface area contributed by atoms with E-state index in [9.17, 15) is 13.9 Å². The van der Waals surface area contributed by atoms with Crippen LogP contribution in [0.3, 0.4) is 0 Å². The number of benzene rings is 1. The lowest BCUT2D eigenvalue weighted by atomic mass is 10.1. The molecule has 0 spiro atoms. The number of anilines is 1. The topological polar surface area (TPSA) is 233 Å². The molecule has 3 aromatic heterocycles. The van der Waals surface area contributed by atoms with Gasteiger partial charge >= 0.3 is 13.6 Å². The maximum atomic E-state index is 16.0. The Kier molecular flexibility index (Phi) is 8.11. The van der Waals surface area contributed by atoms with Gasteiger partial charge in [0.1, 0.15) is 41.8 Å². The molecule has 0 aliphatic carbocycles. The molecule has 3 fully saturated rings. The van der Waals surface area contributed by atoms with Gasteiger partial charge in [-0.1, -0.05) is 35.8 Å². The largest absolute Gasteiger partial charge is 0.386 e. The molecule has 0 saturated carbocycles. The van der Waals surface area contributed by atoms with Crippen LogP contribution in [0.5, 0.6) is 0 Å². The minimum Gasteiger partial charge on any atom is -0.382 e. The van der Waals surface area contributed by atoms with Crippen LogP contribution in [0, 0.1) is 0 Å². The number of thiol groups is 2. The van der Waals surface area contributed by atoms with E-state index in [4.69, 9.17) is 39.0 Å². The molecule has 246 valence electrons. The van der Waals surface area contributed by atoms with Crippen LogP contribution < -0.4 is 11.5 Å². The summed E-state index contributed by atoms with van der Waals surface area (Å²) in [5.74, 6) is -0.752. The fourth-order valence-electron chi connectivity index (χ4n) is 5.43. The van der Waals surface area contributed by atoms with E-state index < -0.39 is 81.9 Å². The molecule has 7 rings (SSSR count). The molecular formula is C22H23F2N9O9P2S2. The van der Waals surface area contributed by atoms with Gasteiger partial charge in [0, 0.05) is 0 Å². The molecule has 2 bridgehead atoms. The number of imidazole rings is 1. The Hall–Kier alpha value is -2.78. The molecule has 18 nitrogen and oxygen atoms in total. The van der Waals surface area contributed by atoms with Crippen LogP contribution in [0.15, 0.2) is 30.9 Å². The SMILES string of the molecule is NC(=O)c1cccc2c1nnn2[C@@H]1O[C@@H]2CO[P@](=O)(S)O[C@@H]3C(CO[P@](=O)(S)O[C@@H]1[C@@H]2F)O[C@@H](n1cnc2c(N)ncnc21)[C@@H]3F. The van der Waals surface area contributed by atoms with Crippen molar-refractivity contribution in [1.29, 1.82) is 0 Å². The molecular weight excluding hydrogens is 698 g/mol. The average Bonchev–Trinajstić information content (AvgIpc) is 3.76. The standard InChI is InChI=1S/C22H23F2N9O9P2S2/c23-12-10-4-37-43(35,45)41-16-11(40-21(13(16)24)32-7-29-15-18(25)27-6-28-20(15)32)5-38-44(36,46)42-17(12)22(39-10)33-9-3-1-2-8(19(26)34)14(9)30-31-33/h1-3,6-7,10-13,16-17,21-22H,4-5H2,(H2,26,34)(H,35,45)(H,36,46)(H2,25,27,28)/t10-,11?,12-,13-,16-,17-,21-,22-,43+,44+/m1/s1. The van der Waals surface area contributed by atoms with Crippen LogP contribution >= 0.6 is 38.1 Å². The molecule has 1 aromatic carbocycles. The van der Waals surface area contributed by atoms with Crippen molar-refractivity contribution in [3.63, 3.8) is 0 Å². The van der Waals surface area contributed by atoms with Crippen molar-refractivity contribution in [2.24, 2.45) is 5.73 Å². The molecule has 3 aliphatic rings. The number of hydrogen-bond donors (Lipinski definition) is 4. The third-order valence-electron chi connectivity index (χ3n) is 7.52. The fourth-order valence-corrected chi connectivity index (χ4v) is 8.36. The Morgan fingerprint density at radius 3 is 2.37 bits per heavy atom. The average molecular weight is 722 g/mol. The van der Waals surface area contributed by atoms with Gasteiger partial charge in [0.05, 0.1) is 30.6 Å². The summed E-state index contributed by atoms with van der Waals surface area (Å²) in [5, 5.41) is 7.93. The van der Waals surface area contributed by atoms with E-state index >= 15 is 8.78 Å². The zero-order chi connectivity index (χ0) is 32.5. The number of halogens is 2. The van der Waals surface area contributed by atoms with E-state index in [1.165, 1.54) is 29.1 Å². The number of primary amides is 1. The van der Waals surface area contributed by atoms with Crippen LogP contribution in [-0.2, 0) is 36.7 Å². The number of fused-ring (bicyclic) bond motifs is 5. The Morgan fingerprint density at radius 1 is 0.935 bits per heavy atom. The van der Waals surface area contributed by atoms with Crippen molar-refractivity contribution in [2.75, 3.05) is 18.9 Å². The van der Waals surface area contributed by atoms with Crippen molar-refractivity contribution in [1.82, 2.24) is 34.5 Å². The number of aromatic nitrogens is 7. The second kappa shape index (κ2) is 11.7. The molecule has 4 N–H and O–H groups in total. The molecule has 6 heterocycles. The highest BCUT2D eigenvalue weighted by Gasteiger charge is 2.54. The summed E-state index contributed by atoms with van der Waals surface area (Å²) in [6, 6.07) is 4.42. The van der Waals surface area contributed by atoms with Gasteiger partial charge in [0.2, 0.25) is 0 Å². The Morgan fingerprint density at radius 2 is 1.63 bits per heavy atom. The van der Waals surface area contributed by atoms with Gasteiger partial charge in [-0.15, -0.1) is 5.10 Å². The second-order valence-electron chi connectivity index (χ2n) is 10.3. The molecule has 0 radical (unpaired) electrons. The first kappa shape index (κ1) is 31.8. The second-order valence-corrected chi connectivity index (χ2v) is 16.1. The van der Waals surface area contributed by atoms with E-state index in [1.807, 2.05) is 0 Å². The van der Waals surface area contributed by atoms with Crippen molar-refractivity contribution in [2.45, 2.75) is 49.2 Å². The molecule has 24 heteroatoms. The van der Waals surface area contributed by atoms with Gasteiger partial charge in [-0.2, -0.15) is 0 Å². The molecule has 46 heavy (non-hydrogen) atoms. The molecule has 1 amide bonds. The van der Waals surface area contributed by atoms with E-state index in [-0.39, 0.29) is 33.6 Å². The third-order valence-corrected chi connectivity index (χ3v) is 10.7. The fraction of sp³-hybridized carbons (Fsp3) is 0.455. The zero-order valence-electron chi connectivity index (χ0n) is 22.9. The number of nitrogens with two attached hydrogens (primary N) is 2. The van der Waals surface area contributed by atoms with E-state index in [1.54, 1.807) is 0 Å². The van der Waals surface area contributed by atoms with Crippen molar-refractivity contribution >= 4 is 72.0 Å². The lowest BCUT2D eigenvalue weighted by Crippen LogP contribution is -2.33. The highest BCUT2D eigenvalue weighted by atomic mass is 32.7. The highest BCUT2D eigenvalue weighted by Crippen LogP contribution is 2.60. The number of nitrogens with zero attached hydrogens (tertiary/aromatic N) is 7. The lowest BCUT2D eigenvalue weighted by Gasteiger charge is -2.25. The number of hydrogen-bond acceptors (Lipinski definition) is 15. The summed E-state index contributed by atoms with van der Waals surface area (Å²) in [7, 11) is 0. The van der Waals surface area contributed by atoms with E-state index in [0.717, 1.165) is 11.0 Å². The van der Waals surface area contributed by atoms with Crippen LogP contribution in [0.4, 0.5) is 14.6 Å². The maximum absolute atomic E-state index is 16.0. The first-order chi connectivity index (χ1) is 21.8. The summed E-state index contributed by atoms with van der Waals surface area (Å²) in [4.78, 5) is 23.9. The quantitative estimate of drug-likeness (QED) is 0.176. The van der Waals surface area contributed by atoms with Crippen LogP contribution in [-0.4, -0.2) is 90.4 Å². The molecule has 3 aliphatic heterocycles. The summed E-state index contributed by atoms with van der Waals surface area (Å²) < 4.78 is 94.5. The van der Waals surface area contributed by atoms with Crippen LogP contribution in [0.2, 0.25) is 0 Å². The predicted octanol–water partition coefficient (Wildman–Crippen LogP) is 2.32. The lowest BCUT2D eigenvalue weighted by molar-refractivity contribution is -0.0603. The van der Waals surface area contributed by atoms with Crippen molar-refractivity contribution in [3.8, 4) is 0 Å². The predicted molar refractivity (Wildman–Crippen MR) is 158 cm³/mol. The first-order valence-corrected chi connectivity index (χ1v) is 18.7. The van der Waals surface area contributed by atoms with Gasteiger partial charge in [-0.3, -0.25) is 27.5 Å². The van der Waals surface area contributed by atoms with E-state index in [0.29, 0.717) is 0 Å². The zero-order valence-corrected chi connectivity index (χ0v) is 26.5. The summed E-state index contributed by atoms with van der Waals surface area (Å²) in [6.45, 7) is -10.4. The number of amides is 1. The van der Waals surface area contributed by atoms with Crippen LogP contribution in [0.1, 0.15) is 22.8 Å². The Balaban J connectivity index is 1.20. The number of nitrogen functional groups attached to an aromatic ring is 1. The van der Waals surface area contributed by atoms with Crippen LogP contribution in [0.25, 0.3) is 22.2 Å². The summed E-state index contributed by atoms with van der Waals surface area (Å²) in [6.07, 6.45) is -11.1. The van der Waals surface area contributed by atoms with E-state index in [2.05, 4.69) is 49.8 Å². The third kappa shape index (κ3) is 5.59. The minimum absolute atomic E-state index is 0.0320. The molecule has 3 saturated heterocycles. The van der Waals surface area contributed by atoms with Gasteiger partial charge in [0.25, 0.3) is 5.91 Å². The summed E-state index contributed by atoms with van der Waals surface area (Å²) >= 11 is 7.97. The minimum atomic E-state index is -4.49. The monoisotopic (exact) mass is 721 g/mol. The highest BCUT2D eigenvalue weighted by molar-refractivity contribution is 8.44. The summed E-state index contributed by atoms with van der Waals surface area (Å²) in [5.41, 5.74) is 11.9. The molecule has 4 aromatic rings. The normalized spacial score (nSPS) is 37.0. The Bertz CT molecular complexity index is 1940. The number of rotatable bonds is 3. The number of carbonyl (C=O) groups excluding carboxylic acids is 1. The van der Waals surface area contributed by atoms with Gasteiger partial charge < -0.3 is 20.9 Å². The molecule has 1 unspecified atom stereocenters. The first-order valence-electron chi connectivity index (χ1n) is 13.3. The number of carbonyl (C=O) groups is 1.